The Bertz CT molecular complexity index is 727. The van der Waals surface area contributed by atoms with Crippen LogP contribution in [0.4, 0.5) is 0 Å². The molecule has 1 N–H and O–H groups in total. The Balaban J connectivity index is 1.64. The molecular weight excluding hydrogens is 348 g/mol. The van der Waals surface area contributed by atoms with Crippen LogP contribution >= 0.6 is 0 Å². The summed E-state index contributed by atoms with van der Waals surface area (Å²) in [6, 6.07) is 7.22. The van der Waals surface area contributed by atoms with Gasteiger partial charge in [-0.15, -0.1) is 0 Å². The van der Waals surface area contributed by atoms with Gasteiger partial charge < -0.3 is 10.0 Å². The van der Waals surface area contributed by atoms with Gasteiger partial charge in [0.05, 0.1) is 10.5 Å². The molecule has 1 heterocycles. The van der Waals surface area contributed by atoms with Crippen LogP contribution in [0, 0.1) is 12.3 Å². The standard InChI is InChI=1S/C20H32N2O3S/c1-17-6-4-5-7-18(17)26(24,25)22-14-12-19(13-15-22)8-10-20(23,11-9-19)16-21(2)3/h4-7,23H,8-16H2,1-3H3. The molecule has 1 aromatic rings. The van der Waals surface area contributed by atoms with Crippen molar-refractivity contribution >= 4 is 10.0 Å². The van der Waals surface area contributed by atoms with Crippen LogP contribution in [-0.4, -0.2) is 62.1 Å². The molecule has 5 nitrogen and oxygen atoms in total. The first-order valence-corrected chi connectivity index (χ1v) is 11.0. The van der Waals surface area contributed by atoms with Gasteiger partial charge in [-0.2, -0.15) is 4.31 Å². The zero-order valence-electron chi connectivity index (χ0n) is 16.2. The predicted octanol–water partition coefficient (Wildman–Crippen LogP) is 2.63. The summed E-state index contributed by atoms with van der Waals surface area (Å²) < 4.78 is 27.6. The number of sulfonamides is 1. The highest BCUT2D eigenvalue weighted by Gasteiger charge is 2.45. The Morgan fingerprint density at radius 2 is 1.62 bits per heavy atom. The van der Waals surface area contributed by atoms with Crippen molar-refractivity contribution in [1.82, 2.24) is 9.21 Å². The van der Waals surface area contributed by atoms with E-state index in [9.17, 15) is 13.5 Å². The summed E-state index contributed by atoms with van der Waals surface area (Å²) in [4.78, 5) is 2.48. The number of hydrogen-bond acceptors (Lipinski definition) is 4. The molecule has 1 aliphatic heterocycles. The van der Waals surface area contributed by atoms with E-state index >= 15 is 0 Å². The van der Waals surface area contributed by atoms with Crippen LogP contribution < -0.4 is 0 Å². The average Bonchev–Trinajstić information content (AvgIpc) is 2.58. The molecule has 1 spiro atoms. The van der Waals surface area contributed by atoms with E-state index in [2.05, 4.69) is 4.90 Å². The second-order valence-corrected chi connectivity index (χ2v) is 10.5. The lowest BCUT2D eigenvalue weighted by Crippen LogP contribution is -2.49. The molecule has 2 aliphatic rings. The van der Waals surface area contributed by atoms with Crippen molar-refractivity contribution in [2.45, 2.75) is 55.9 Å². The quantitative estimate of drug-likeness (QED) is 0.872. The van der Waals surface area contributed by atoms with Gasteiger partial charge in [0, 0.05) is 19.6 Å². The number of rotatable bonds is 4. The second-order valence-electron chi connectivity index (χ2n) is 8.63. The smallest absolute Gasteiger partial charge is 0.243 e. The fraction of sp³-hybridized carbons (Fsp3) is 0.700. The van der Waals surface area contributed by atoms with Crippen molar-refractivity contribution in [1.29, 1.82) is 0 Å². The number of piperidine rings is 1. The Labute approximate surface area is 158 Å². The third-order valence-corrected chi connectivity index (χ3v) is 8.41. The van der Waals surface area contributed by atoms with E-state index in [1.807, 2.05) is 33.2 Å². The largest absolute Gasteiger partial charge is 0.389 e. The van der Waals surface area contributed by atoms with Gasteiger partial charge in [0.25, 0.3) is 0 Å². The van der Waals surface area contributed by atoms with E-state index < -0.39 is 15.6 Å². The zero-order valence-corrected chi connectivity index (χ0v) is 17.1. The Morgan fingerprint density at radius 3 is 2.15 bits per heavy atom. The van der Waals surface area contributed by atoms with Gasteiger partial charge in [-0.05, 0) is 76.6 Å². The lowest BCUT2D eigenvalue weighted by molar-refractivity contribution is -0.0592. The van der Waals surface area contributed by atoms with Crippen LogP contribution in [0.15, 0.2) is 29.2 Å². The molecule has 0 bridgehead atoms. The topological polar surface area (TPSA) is 60.9 Å². The molecule has 1 aliphatic carbocycles. The molecule has 0 amide bonds. The highest BCUT2D eigenvalue weighted by Crippen LogP contribution is 2.48. The summed E-state index contributed by atoms with van der Waals surface area (Å²) in [6.07, 6.45) is 5.42. The minimum atomic E-state index is -3.41. The van der Waals surface area contributed by atoms with Crippen molar-refractivity contribution in [3.63, 3.8) is 0 Å². The second kappa shape index (κ2) is 7.23. The predicted molar refractivity (Wildman–Crippen MR) is 104 cm³/mol. The molecule has 0 atom stereocenters. The molecule has 0 radical (unpaired) electrons. The highest BCUT2D eigenvalue weighted by molar-refractivity contribution is 7.89. The van der Waals surface area contributed by atoms with Gasteiger partial charge >= 0.3 is 0 Å². The third kappa shape index (κ3) is 3.98. The molecule has 2 fully saturated rings. The van der Waals surface area contributed by atoms with Crippen LogP contribution in [0.5, 0.6) is 0 Å². The summed E-state index contributed by atoms with van der Waals surface area (Å²) in [5, 5.41) is 10.8. The van der Waals surface area contributed by atoms with E-state index in [0.29, 0.717) is 24.5 Å². The van der Waals surface area contributed by atoms with Gasteiger partial charge in [0.15, 0.2) is 0 Å². The molecule has 1 saturated carbocycles. The number of hydrogen-bond donors (Lipinski definition) is 1. The number of benzene rings is 1. The maximum atomic E-state index is 13.0. The van der Waals surface area contributed by atoms with Crippen LogP contribution in [0.3, 0.4) is 0 Å². The number of aliphatic hydroxyl groups is 1. The average molecular weight is 381 g/mol. The highest BCUT2D eigenvalue weighted by atomic mass is 32.2. The molecular formula is C20H32N2O3S. The van der Waals surface area contributed by atoms with Gasteiger partial charge in [-0.1, -0.05) is 18.2 Å². The van der Waals surface area contributed by atoms with Crippen LogP contribution in [0.2, 0.25) is 0 Å². The van der Waals surface area contributed by atoms with Crippen LogP contribution in [0.25, 0.3) is 0 Å². The number of likely N-dealkylation sites (N-methyl/N-ethyl adjacent to an activating group) is 1. The van der Waals surface area contributed by atoms with Crippen molar-refractivity contribution in [3.05, 3.63) is 29.8 Å². The lowest BCUT2D eigenvalue weighted by Gasteiger charge is -2.48. The van der Waals surface area contributed by atoms with E-state index in [1.54, 1.807) is 16.4 Å². The summed E-state index contributed by atoms with van der Waals surface area (Å²) in [5.41, 5.74) is 0.425. The first-order chi connectivity index (χ1) is 12.2. The summed E-state index contributed by atoms with van der Waals surface area (Å²) in [5.74, 6) is 0. The van der Waals surface area contributed by atoms with Crippen LogP contribution in [0.1, 0.15) is 44.1 Å². The van der Waals surface area contributed by atoms with Gasteiger partial charge in [0.2, 0.25) is 10.0 Å². The molecule has 146 valence electrons. The minimum Gasteiger partial charge on any atom is -0.389 e. The summed E-state index contributed by atoms with van der Waals surface area (Å²) in [6.45, 7) is 3.73. The molecule has 1 aromatic carbocycles. The molecule has 6 heteroatoms. The fourth-order valence-corrected chi connectivity index (χ4v) is 6.35. The Hall–Kier alpha value is -0.950. The molecule has 3 rings (SSSR count). The maximum absolute atomic E-state index is 13.0. The third-order valence-electron chi connectivity index (χ3n) is 6.35. The van der Waals surface area contributed by atoms with Gasteiger partial charge in [-0.25, -0.2) is 8.42 Å². The molecule has 26 heavy (non-hydrogen) atoms. The molecule has 1 saturated heterocycles. The van der Waals surface area contributed by atoms with Crippen molar-refractivity contribution in [3.8, 4) is 0 Å². The van der Waals surface area contributed by atoms with E-state index in [4.69, 9.17) is 0 Å². The van der Waals surface area contributed by atoms with Crippen LogP contribution in [-0.2, 0) is 10.0 Å². The van der Waals surface area contributed by atoms with Crippen molar-refractivity contribution in [2.75, 3.05) is 33.7 Å². The number of nitrogens with zero attached hydrogens (tertiary/aromatic N) is 2. The summed E-state index contributed by atoms with van der Waals surface area (Å²) >= 11 is 0. The number of aryl methyl sites for hydroxylation is 1. The molecule has 0 unspecified atom stereocenters. The first kappa shape index (κ1) is 19.8. The maximum Gasteiger partial charge on any atom is 0.243 e. The van der Waals surface area contributed by atoms with Gasteiger partial charge in [-0.3, -0.25) is 0 Å². The Morgan fingerprint density at radius 1 is 1.04 bits per heavy atom. The summed E-state index contributed by atoms with van der Waals surface area (Å²) in [7, 11) is 0.585. The van der Waals surface area contributed by atoms with Gasteiger partial charge in [0.1, 0.15) is 0 Å². The lowest BCUT2D eigenvalue weighted by atomic mass is 9.64. The Kier molecular flexibility index (Phi) is 5.50. The SMILES string of the molecule is Cc1ccccc1S(=O)(=O)N1CCC2(CC1)CCC(O)(CN(C)C)CC2. The first-order valence-electron chi connectivity index (χ1n) is 9.59. The fourth-order valence-electron chi connectivity index (χ4n) is 4.68. The minimum absolute atomic E-state index is 0.205. The molecule has 0 aromatic heterocycles. The van der Waals surface area contributed by atoms with Crippen molar-refractivity contribution < 1.29 is 13.5 Å². The van der Waals surface area contributed by atoms with Crippen molar-refractivity contribution in [2.24, 2.45) is 5.41 Å². The zero-order chi connectivity index (χ0) is 19.0. The van der Waals surface area contributed by atoms with E-state index in [0.717, 1.165) is 44.1 Å². The normalized spacial score (nSPS) is 23.4. The monoisotopic (exact) mass is 380 g/mol. The van der Waals surface area contributed by atoms with E-state index in [1.165, 1.54) is 0 Å². The van der Waals surface area contributed by atoms with E-state index in [-0.39, 0.29) is 5.41 Å².